The van der Waals surface area contributed by atoms with Crippen LogP contribution in [-0.4, -0.2) is 30.2 Å². The largest absolute Gasteiger partial charge is 0.240 e. The van der Waals surface area contributed by atoms with E-state index in [0.717, 1.165) is 18.9 Å². The summed E-state index contributed by atoms with van der Waals surface area (Å²) < 4.78 is 29.6. The first-order valence-electron chi connectivity index (χ1n) is 8.97. The lowest BCUT2D eigenvalue weighted by molar-refractivity contribution is 0.585. The summed E-state index contributed by atoms with van der Waals surface area (Å²) in [5.41, 5.74) is 1.60. The summed E-state index contributed by atoms with van der Waals surface area (Å²) in [5.74, 6) is -0.127. The lowest BCUT2D eigenvalue weighted by Gasteiger charge is -2.11. The number of benzene rings is 2. The number of rotatable bonds is 4. The molecule has 4 aromatic rings. The summed E-state index contributed by atoms with van der Waals surface area (Å²) in [6, 6.07) is 10.4. The van der Waals surface area contributed by atoms with Gasteiger partial charge in [-0.2, -0.15) is 4.68 Å². The van der Waals surface area contributed by atoms with Gasteiger partial charge < -0.3 is 0 Å². The van der Waals surface area contributed by atoms with Gasteiger partial charge in [-0.1, -0.05) is 11.6 Å². The molecule has 1 fully saturated rings. The zero-order valence-corrected chi connectivity index (χ0v) is 15.7. The molecule has 6 nitrogen and oxygen atoms in total. The van der Waals surface area contributed by atoms with Crippen molar-refractivity contribution in [2.75, 3.05) is 0 Å². The van der Waals surface area contributed by atoms with E-state index in [1.165, 1.54) is 16.8 Å². The third-order valence-corrected chi connectivity index (χ3v) is 4.97. The standard InChI is InChI=1S/C20H13ClF2N6/c21-12-3-6-14(7-4-12)29-20(26-27-28-29)16-10-24-19(11-1-2-11)25-18(16)15-8-5-13(22)9-17(15)23/h3-11H,1-2H2. The maximum absolute atomic E-state index is 14.6. The molecular weight excluding hydrogens is 398 g/mol. The fourth-order valence-corrected chi connectivity index (χ4v) is 3.22. The first kappa shape index (κ1) is 17.8. The first-order chi connectivity index (χ1) is 14.1. The number of halogens is 3. The lowest BCUT2D eigenvalue weighted by Crippen LogP contribution is -2.04. The van der Waals surface area contributed by atoms with Crippen molar-refractivity contribution < 1.29 is 8.78 Å². The molecule has 1 aliphatic rings. The van der Waals surface area contributed by atoms with Crippen LogP contribution >= 0.6 is 11.6 Å². The predicted octanol–water partition coefficient (Wildman–Crippen LogP) is 4.60. The average Bonchev–Trinajstić information content (AvgIpc) is 3.46. The van der Waals surface area contributed by atoms with Crippen LogP contribution in [0, 0.1) is 11.6 Å². The highest BCUT2D eigenvalue weighted by molar-refractivity contribution is 6.30. The maximum atomic E-state index is 14.6. The molecule has 29 heavy (non-hydrogen) atoms. The molecule has 9 heteroatoms. The molecular formula is C20H13ClF2N6. The van der Waals surface area contributed by atoms with Gasteiger partial charge in [-0.3, -0.25) is 0 Å². The number of hydrogen-bond donors (Lipinski definition) is 0. The predicted molar refractivity (Wildman–Crippen MR) is 103 cm³/mol. The zero-order valence-electron chi connectivity index (χ0n) is 14.9. The molecule has 0 amide bonds. The molecule has 0 spiro atoms. The molecule has 144 valence electrons. The minimum Gasteiger partial charge on any atom is -0.240 e. The monoisotopic (exact) mass is 410 g/mol. The number of nitrogens with zero attached hydrogens (tertiary/aromatic N) is 6. The van der Waals surface area contributed by atoms with E-state index >= 15 is 0 Å². The van der Waals surface area contributed by atoms with Crippen LogP contribution in [0.5, 0.6) is 0 Å². The molecule has 1 saturated carbocycles. The molecule has 2 heterocycles. The van der Waals surface area contributed by atoms with E-state index in [2.05, 4.69) is 25.5 Å². The minimum absolute atomic E-state index is 0.163. The van der Waals surface area contributed by atoms with Crippen LogP contribution < -0.4 is 0 Å². The summed E-state index contributed by atoms with van der Waals surface area (Å²) in [4.78, 5) is 9.04. The summed E-state index contributed by atoms with van der Waals surface area (Å²) in [6.07, 6.45) is 3.58. The summed E-state index contributed by atoms with van der Waals surface area (Å²) in [6.45, 7) is 0. The molecule has 0 aliphatic heterocycles. The number of aromatic nitrogens is 6. The van der Waals surface area contributed by atoms with Crippen molar-refractivity contribution in [3.8, 4) is 28.3 Å². The first-order valence-corrected chi connectivity index (χ1v) is 9.35. The van der Waals surface area contributed by atoms with Crippen LogP contribution in [0.4, 0.5) is 8.78 Å². The molecule has 0 bridgehead atoms. The smallest absolute Gasteiger partial charge is 0.190 e. The molecule has 0 atom stereocenters. The highest BCUT2D eigenvalue weighted by atomic mass is 35.5. The van der Waals surface area contributed by atoms with E-state index in [9.17, 15) is 8.78 Å². The second-order valence-corrected chi connectivity index (χ2v) is 7.22. The Bertz CT molecular complexity index is 1200. The van der Waals surface area contributed by atoms with E-state index in [1.807, 2.05) is 0 Å². The van der Waals surface area contributed by atoms with Gasteiger partial charge in [0.05, 0.1) is 16.9 Å². The van der Waals surface area contributed by atoms with Crippen molar-refractivity contribution in [2.45, 2.75) is 18.8 Å². The minimum atomic E-state index is -0.711. The normalized spacial score (nSPS) is 13.6. The highest BCUT2D eigenvalue weighted by Crippen LogP contribution is 2.40. The lowest BCUT2D eigenvalue weighted by atomic mass is 10.1. The van der Waals surface area contributed by atoms with Crippen molar-refractivity contribution in [3.63, 3.8) is 0 Å². The fourth-order valence-electron chi connectivity index (χ4n) is 3.10. The summed E-state index contributed by atoms with van der Waals surface area (Å²) >= 11 is 5.97. The molecule has 5 rings (SSSR count). The Balaban J connectivity index is 1.70. The average molecular weight is 411 g/mol. The van der Waals surface area contributed by atoms with Gasteiger partial charge in [-0.15, -0.1) is 5.10 Å². The summed E-state index contributed by atoms with van der Waals surface area (Å²) in [7, 11) is 0. The number of tetrazole rings is 1. The van der Waals surface area contributed by atoms with Gasteiger partial charge in [0.15, 0.2) is 5.82 Å². The molecule has 0 radical (unpaired) electrons. The molecule has 0 unspecified atom stereocenters. The van der Waals surface area contributed by atoms with E-state index in [1.54, 1.807) is 30.5 Å². The van der Waals surface area contributed by atoms with E-state index in [0.29, 0.717) is 33.6 Å². The van der Waals surface area contributed by atoms with Crippen molar-refractivity contribution in [1.29, 1.82) is 0 Å². The van der Waals surface area contributed by atoms with Crippen LogP contribution in [-0.2, 0) is 0 Å². The van der Waals surface area contributed by atoms with Gasteiger partial charge in [0, 0.05) is 28.8 Å². The molecule has 0 saturated heterocycles. The van der Waals surface area contributed by atoms with E-state index < -0.39 is 11.6 Å². The van der Waals surface area contributed by atoms with E-state index in [4.69, 9.17) is 11.6 Å². The second kappa shape index (κ2) is 6.97. The second-order valence-electron chi connectivity index (χ2n) is 6.78. The van der Waals surface area contributed by atoms with Crippen LogP contribution in [0.3, 0.4) is 0 Å². The SMILES string of the molecule is Fc1ccc(-c2nc(C3CC3)ncc2-c2nnnn2-c2ccc(Cl)cc2)c(F)c1. The van der Waals surface area contributed by atoms with Gasteiger partial charge in [0.1, 0.15) is 17.5 Å². The van der Waals surface area contributed by atoms with Gasteiger partial charge >= 0.3 is 0 Å². The number of hydrogen-bond acceptors (Lipinski definition) is 5. The van der Waals surface area contributed by atoms with E-state index in [-0.39, 0.29) is 11.5 Å². The highest BCUT2D eigenvalue weighted by Gasteiger charge is 2.29. The Kier molecular flexibility index (Phi) is 4.28. The van der Waals surface area contributed by atoms with Crippen molar-refractivity contribution >= 4 is 11.6 Å². The Labute approximate surface area is 169 Å². The Morgan fingerprint density at radius 1 is 1.00 bits per heavy atom. The Hall–Kier alpha value is -3.26. The van der Waals surface area contributed by atoms with Gasteiger partial charge in [0.25, 0.3) is 0 Å². The fraction of sp³-hybridized carbons (Fsp3) is 0.150. The maximum Gasteiger partial charge on any atom is 0.190 e. The van der Waals surface area contributed by atoms with Gasteiger partial charge in [-0.25, -0.2) is 18.7 Å². The van der Waals surface area contributed by atoms with Gasteiger partial charge in [-0.05, 0) is 59.7 Å². The topological polar surface area (TPSA) is 69.4 Å². The Morgan fingerprint density at radius 3 is 2.52 bits per heavy atom. The molecule has 2 aromatic heterocycles. The molecule has 0 N–H and O–H groups in total. The molecule has 1 aliphatic carbocycles. The third-order valence-electron chi connectivity index (χ3n) is 4.72. The van der Waals surface area contributed by atoms with Crippen LogP contribution in [0.1, 0.15) is 24.6 Å². The zero-order chi connectivity index (χ0) is 20.0. The van der Waals surface area contributed by atoms with Crippen LogP contribution in [0.15, 0.2) is 48.7 Å². The molecule has 2 aromatic carbocycles. The quantitative estimate of drug-likeness (QED) is 0.492. The van der Waals surface area contributed by atoms with Crippen molar-refractivity contribution in [2.24, 2.45) is 0 Å². The van der Waals surface area contributed by atoms with Crippen LogP contribution in [0.2, 0.25) is 5.02 Å². The van der Waals surface area contributed by atoms with Crippen molar-refractivity contribution in [3.05, 3.63) is 71.1 Å². The third kappa shape index (κ3) is 3.36. The van der Waals surface area contributed by atoms with Crippen LogP contribution in [0.25, 0.3) is 28.3 Å². The summed E-state index contributed by atoms with van der Waals surface area (Å²) in [5, 5.41) is 12.5. The Morgan fingerprint density at radius 2 is 1.79 bits per heavy atom. The van der Waals surface area contributed by atoms with Crippen molar-refractivity contribution in [1.82, 2.24) is 30.2 Å². The van der Waals surface area contributed by atoms with Gasteiger partial charge in [0.2, 0.25) is 0 Å².